The number of esters is 1. The highest BCUT2D eigenvalue weighted by Gasteiger charge is 2.36. The normalized spacial score (nSPS) is 14.9. The maximum Gasteiger partial charge on any atom is 0.347 e. The molecule has 0 aromatic heterocycles. The van der Waals surface area contributed by atoms with Gasteiger partial charge in [-0.05, 0) is 13.3 Å². The predicted molar refractivity (Wildman–Crippen MR) is 51.9 cm³/mol. The molecule has 0 fully saturated rings. The largest absolute Gasteiger partial charge is 0.478 e. The highest BCUT2D eigenvalue weighted by atomic mass is 16.6. The zero-order chi connectivity index (χ0) is 11.4. The Morgan fingerprint density at radius 3 is 2.21 bits per heavy atom. The van der Waals surface area contributed by atoms with Crippen molar-refractivity contribution in [2.24, 2.45) is 5.92 Å². The average Bonchev–Trinajstić information content (AvgIpc) is 2.03. The summed E-state index contributed by atoms with van der Waals surface area (Å²) < 4.78 is 4.96. The number of ether oxygens (including phenoxy) is 1. The fraction of sp³-hybridized carbons (Fsp3) is 0.800. The first-order valence-electron chi connectivity index (χ1n) is 4.79. The Labute approximate surface area is 84.3 Å². The topological polar surface area (TPSA) is 63.6 Å². The number of hydrogen-bond acceptors (Lipinski definition) is 3. The Kier molecular flexibility index (Phi) is 4.60. The van der Waals surface area contributed by atoms with Crippen LogP contribution in [0.2, 0.25) is 0 Å². The molecule has 0 saturated carbocycles. The molecule has 14 heavy (non-hydrogen) atoms. The molecule has 0 aromatic rings. The van der Waals surface area contributed by atoms with Crippen LogP contribution < -0.4 is 0 Å². The molecule has 1 N–H and O–H groups in total. The van der Waals surface area contributed by atoms with Gasteiger partial charge in [0, 0.05) is 0 Å². The van der Waals surface area contributed by atoms with E-state index in [2.05, 4.69) is 0 Å². The van der Waals surface area contributed by atoms with Gasteiger partial charge >= 0.3 is 11.9 Å². The number of carboxylic acids is 1. The lowest BCUT2D eigenvalue weighted by atomic mass is 10.0. The molecule has 0 aliphatic carbocycles. The number of rotatable bonds is 5. The van der Waals surface area contributed by atoms with E-state index >= 15 is 0 Å². The summed E-state index contributed by atoms with van der Waals surface area (Å²) in [6.45, 7) is 6.64. The predicted octanol–water partition coefficient (Wildman–Crippen LogP) is 1.83. The van der Waals surface area contributed by atoms with Crippen LogP contribution in [0.4, 0.5) is 0 Å². The van der Waals surface area contributed by atoms with Gasteiger partial charge in [0.25, 0.3) is 0 Å². The summed E-state index contributed by atoms with van der Waals surface area (Å²) in [5.41, 5.74) is -1.38. The van der Waals surface area contributed by atoms with Crippen LogP contribution in [0.1, 0.15) is 40.5 Å². The fourth-order valence-electron chi connectivity index (χ4n) is 1.02. The maximum absolute atomic E-state index is 11.3. The second-order valence-electron chi connectivity index (χ2n) is 3.86. The Bertz CT molecular complexity index is 222. The van der Waals surface area contributed by atoms with Gasteiger partial charge < -0.3 is 9.84 Å². The third-order valence-corrected chi connectivity index (χ3v) is 1.98. The van der Waals surface area contributed by atoms with E-state index < -0.39 is 17.5 Å². The van der Waals surface area contributed by atoms with Crippen LogP contribution in [-0.2, 0) is 14.3 Å². The highest BCUT2D eigenvalue weighted by molar-refractivity contribution is 5.82. The lowest BCUT2D eigenvalue weighted by molar-refractivity contribution is -0.179. The molecule has 1 atom stereocenters. The summed E-state index contributed by atoms with van der Waals surface area (Å²) in [6, 6.07) is 0. The van der Waals surface area contributed by atoms with Crippen LogP contribution in [0.3, 0.4) is 0 Å². The van der Waals surface area contributed by atoms with Crippen LogP contribution in [0.15, 0.2) is 0 Å². The number of carbonyl (C=O) groups excluding carboxylic acids is 1. The number of carboxylic acid groups (broad SMARTS) is 1. The Balaban J connectivity index is 4.52. The molecule has 0 heterocycles. The van der Waals surface area contributed by atoms with Crippen LogP contribution in [0.5, 0.6) is 0 Å². The van der Waals surface area contributed by atoms with Gasteiger partial charge in [0.2, 0.25) is 5.60 Å². The molecule has 0 radical (unpaired) electrons. The standard InChI is InChI=1S/C10H18O4/c1-5-6-10(4,9(12)13)14-8(11)7(2)3/h7H,5-6H2,1-4H3,(H,12,13)/t10-/m0/s1. The van der Waals surface area contributed by atoms with Crippen molar-refractivity contribution >= 4 is 11.9 Å². The third kappa shape index (κ3) is 3.36. The average molecular weight is 202 g/mol. The van der Waals surface area contributed by atoms with E-state index in [-0.39, 0.29) is 5.92 Å². The quantitative estimate of drug-likeness (QED) is 0.691. The van der Waals surface area contributed by atoms with Crippen LogP contribution in [0.25, 0.3) is 0 Å². The summed E-state index contributed by atoms with van der Waals surface area (Å²) in [6.07, 6.45) is 0.995. The number of carbonyl (C=O) groups is 2. The van der Waals surface area contributed by atoms with Gasteiger partial charge in [-0.1, -0.05) is 27.2 Å². The summed E-state index contributed by atoms with van der Waals surface area (Å²) in [7, 11) is 0. The van der Waals surface area contributed by atoms with E-state index in [0.717, 1.165) is 0 Å². The molecule has 0 saturated heterocycles. The van der Waals surface area contributed by atoms with Gasteiger partial charge in [0.15, 0.2) is 0 Å². The maximum atomic E-state index is 11.3. The van der Waals surface area contributed by atoms with E-state index in [1.165, 1.54) is 6.92 Å². The Morgan fingerprint density at radius 2 is 1.93 bits per heavy atom. The second-order valence-corrected chi connectivity index (χ2v) is 3.86. The minimum absolute atomic E-state index is 0.300. The molecule has 0 spiro atoms. The summed E-state index contributed by atoms with van der Waals surface area (Å²) in [5, 5.41) is 8.92. The van der Waals surface area contributed by atoms with Crippen LogP contribution in [0, 0.1) is 5.92 Å². The molecule has 0 unspecified atom stereocenters. The Hall–Kier alpha value is -1.06. The molecular formula is C10H18O4. The van der Waals surface area contributed by atoms with Gasteiger partial charge in [-0.3, -0.25) is 4.79 Å². The summed E-state index contributed by atoms with van der Waals surface area (Å²) in [5.74, 6) is -1.86. The van der Waals surface area contributed by atoms with Crippen molar-refractivity contribution in [1.82, 2.24) is 0 Å². The van der Waals surface area contributed by atoms with Crippen molar-refractivity contribution < 1.29 is 19.4 Å². The lowest BCUT2D eigenvalue weighted by Crippen LogP contribution is -2.41. The number of aliphatic carboxylic acids is 1. The highest BCUT2D eigenvalue weighted by Crippen LogP contribution is 2.19. The van der Waals surface area contributed by atoms with Gasteiger partial charge in [-0.25, -0.2) is 4.79 Å². The monoisotopic (exact) mass is 202 g/mol. The SMILES string of the molecule is CCC[C@](C)(OC(=O)C(C)C)C(=O)O. The molecule has 0 aromatic carbocycles. The molecule has 4 heteroatoms. The molecule has 0 bridgehead atoms. The minimum atomic E-state index is -1.38. The van der Waals surface area contributed by atoms with Gasteiger partial charge in [-0.2, -0.15) is 0 Å². The first-order chi connectivity index (χ1) is 6.33. The van der Waals surface area contributed by atoms with Crippen molar-refractivity contribution in [1.29, 1.82) is 0 Å². The molecular weight excluding hydrogens is 184 g/mol. The molecule has 0 aliphatic heterocycles. The van der Waals surface area contributed by atoms with Crippen molar-refractivity contribution in [2.75, 3.05) is 0 Å². The zero-order valence-electron chi connectivity index (χ0n) is 9.16. The Morgan fingerprint density at radius 1 is 1.43 bits per heavy atom. The zero-order valence-corrected chi connectivity index (χ0v) is 9.16. The smallest absolute Gasteiger partial charge is 0.347 e. The summed E-state index contributed by atoms with van der Waals surface area (Å²) >= 11 is 0. The van der Waals surface area contributed by atoms with E-state index in [1.54, 1.807) is 13.8 Å². The van der Waals surface area contributed by atoms with Gasteiger partial charge in [-0.15, -0.1) is 0 Å². The van der Waals surface area contributed by atoms with Crippen LogP contribution >= 0.6 is 0 Å². The van der Waals surface area contributed by atoms with E-state index in [9.17, 15) is 9.59 Å². The molecule has 0 amide bonds. The van der Waals surface area contributed by atoms with Gasteiger partial charge in [0.05, 0.1) is 5.92 Å². The first-order valence-corrected chi connectivity index (χ1v) is 4.79. The van der Waals surface area contributed by atoms with Gasteiger partial charge in [0.1, 0.15) is 0 Å². The number of hydrogen-bond donors (Lipinski definition) is 1. The van der Waals surface area contributed by atoms with Crippen LogP contribution in [-0.4, -0.2) is 22.6 Å². The van der Waals surface area contributed by atoms with E-state index in [4.69, 9.17) is 9.84 Å². The molecule has 0 rings (SSSR count). The molecule has 4 nitrogen and oxygen atoms in total. The van der Waals surface area contributed by atoms with Crippen molar-refractivity contribution in [3.05, 3.63) is 0 Å². The van der Waals surface area contributed by atoms with Crippen molar-refractivity contribution in [3.63, 3.8) is 0 Å². The molecule has 82 valence electrons. The van der Waals surface area contributed by atoms with Crippen molar-refractivity contribution in [2.45, 2.75) is 46.1 Å². The van der Waals surface area contributed by atoms with E-state index in [0.29, 0.717) is 12.8 Å². The van der Waals surface area contributed by atoms with Crippen molar-refractivity contribution in [3.8, 4) is 0 Å². The minimum Gasteiger partial charge on any atom is -0.478 e. The lowest BCUT2D eigenvalue weighted by Gasteiger charge is -2.25. The molecule has 0 aliphatic rings. The third-order valence-electron chi connectivity index (χ3n) is 1.98. The fourth-order valence-corrected chi connectivity index (χ4v) is 1.02. The second kappa shape index (κ2) is 4.98. The van der Waals surface area contributed by atoms with E-state index in [1.807, 2.05) is 6.92 Å². The first kappa shape index (κ1) is 12.9. The summed E-state index contributed by atoms with van der Waals surface area (Å²) in [4.78, 5) is 22.1.